The summed E-state index contributed by atoms with van der Waals surface area (Å²) in [5, 5.41) is 4.97. The molecule has 1 atom stereocenters. The highest BCUT2D eigenvalue weighted by atomic mass is 16.6. The van der Waals surface area contributed by atoms with Crippen molar-refractivity contribution in [3.05, 3.63) is 83.7 Å². The lowest BCUT2D eigenvalue weighted by atomic mass is 9.92. The summed E-state index contributed by atoms with van der Waals surface area (Å²) < 4.78 is 26.0. The lowest BCUT2D eigenvalue weighted by Crippen LogP contribution is -2.45. The summed E-state index contributed by atoms with van der Waals surface area (Å²) in [5.74, 6) is 0.340. The number of benzene rings is 1. The van der Waals surface area contributed by atoms with Gasteiger partial charge in [-0.25, -0.2) is 9.78 Å². The molecule has 0 unspecified atom stereocenters. The molecule has 244 valence electrons. The number of piperidine rings is 1. The smallest absolute Gasteiger partial charge is 0.340 e. The molecule has 0 amide bonds. The molecule has 2 aromatic heterocycles. The summed E-state index contributed by atoms with van der Waals surface area (Å²) in [6, 6.07) is 10.4. The van der Waals surface area contributed by atoms with Crippen molar-refractivity contribution in [3.63, 3.8) is 0 Å². The topological polar surface area (TPSA) is 87.4 Å². The number of carbonyl (C=O) groups excluding carboxylic acids is 1. The Morgan fingerprint density at radius 2 is 1.84 bits per heavy atom. The van der Waals surface area contributed by atoms with Crippen LogP contribution >= 0.6 is 0 Å². The molecule has 1 fully saturated rings. The van der Waals surface area contributed by atoms with Crippen molar-refractivity contribution in [2.45, 2.75) is 97.7 Å². The Morgan fingerprint density at radius 3 is 2.51 bits per heavy atom. The van der Waals surface area contributed by atoms with Gasteiger partial charge in [0.15, 0.2) is 11.8 Å². The highest BCUT2D eigenvalue weighted by Gasteiger charge is 2.38. The molecule has 9 nitrogen and oxygen atoms in total. The maximum absolute atomic E-state index is 13.5. The van der Waals surface area contributed by atoms with E-state index in [4.69, 9.17) is 29.0 Å². The van der Waals surface area contributed by atoms with Gasteiger partial charge in [-0.05, 0) is 78.4 Å². The molecule has 0 bridgehead atoms. The fourth-order valence-corrected chi connectivity index (χ4v) is 5.65. The molecule has 0 radical (unpaired) electrons. The Morgan fingerprint density at radius 1 is 1.11 bits per heavy atom. The third-order valence-electron chi connectivity index (χ3n) is 7.91. The number of esters is 1. The minimum absolute atomic E-state index is 0.246. The summed E-state index contributed by atoms with van der Waals surface area (Å²) in [5.41, 5.74) is 4.31. The molecule has 0 aliphatic carbocycles. The number of allylic oxidation sites excluding steroid dienone is 1. The molecule has 1 saturated heterocycles. The second kappa shape index (κ2) is 15.2. The number of aromatic nitrogens is 3. The molecule has 4 rings (SSSR count). The van der Waals surface area contributed by atoms with E-state index in [0.717, 1.165) is 42.8 Å². The van der Waals surface area contributed by atoms with E-state index in [9.17, 15) is 4.79 Å². The van der Waals surface area contributed by atoms with E-state index < -0.39 is 17.7 Å². The second-order valence-corrected chi connectivity index (χ2v) is 12.9. The van der Waals surface area contributed by atoms with E-state index in [-0.39, 0.29) is 12.2 Å². The lowest BCUT2D eigenvalue weighted by Gasteiger charge is -2.41. The fraction of sp³-hybridized carbons (Fsp3) is 0.528. The molecule has 45 heavy (non-hydrogen) atoms. The largest absolute Gasteiger partial charge is 0.464 e. The quantitative estimate of drug-likeness (QED) is 0.135. The average molecular weight is 619 g/mol. The zero-order valence-corrected chi connectivity index (χ0v) is 27.9. The molecule has 9 heteroatoms. The number of carbonyl (C=O) groups is 1. The van der Waals surface area contributed by atoms with Gasteiger partial charge in [-0.15, -0.1) is 13.2 Å². The first-order chi connectivity index (χ1) is 21.5. The van der Waals surface area contributed by atoms with Crippen LogP contribution in [0.15, 0.2) is 55.6 Å². The fourth-order valence-electron chi connectivity index (χ4n) is 5.65. The molecular weight excluding hydrogens is 568 g/mol. The Bertz CT molecular complexity index is 1470. The van der Waals surface area contributed by atoms with Crippen LogP contribution in [0.5, 0.6) is 0 Å². The van der Waals surface area contributed by atoms with Crippen molar-refractivity contribution < 1.29 is 23.7 Å². The SMILES string of the molecule is C=CCCc1cccc(COCc2cc3nc(C)c([C@H](OC(C)(C)C)C(=O)OCC)c(N4CCC(C)(OCC=C)CC4)n3n2)c1. The number of hydrogen-bond donors (Lipinski definition) is 0. The molecule has 0 spiro atoms. The maximum atomic E-state index is 13.5. The predicted octanol–water partition coefficient (Wildman–Crippen LogP) is 6.85. The van der Waals surface area contributed by atoms with Crippen LogP contribution in [-0.4, -0.2) is 58.1 Å². The number of fused-ring (bicyclic) bond motifs is 1. The maximum Gasteiger partial charge on any atom is 0.340 e. The summed E-state index contributed by atoms with van der Waals surface area (Å²) in [4.78, 5) is 20.6. The first-order valence-electron chi connectivity index (χ1n) is 16.0. The summed E-state index contributed by atoms with van der Waals surface area (Å²) in [7, 11) is 0. The van der Waals surface area contributed by atoms with Crippen LogP contribution in [0.1, 0.15) is 88.1 Å². The van der Waals surface area contributed by atoms with Gasteiger partial charge in [0.25, 0.3) is 0 Å². The van der Waals surface area contributed by atoms with Crippen molar-refractivity contribution in [3.8, 4) is 0 Å². The van der Waals surface area contributed by atoms with Crippen molar-refractivity contribution in [2.75, 3.05) is 31.2 Å². The van der Waals surface area contributed by atoms with Crippen LogP contribution in [0.3, 0.4) is 0 Å². The molecule has 3 heterocycles. The van der Waals surface area contributed by atoms with E-state index in [1.54, 1.807) is 13.0 Å². The van der Waals surface area contributed by atoms with E-state index in [0.29, 0.717) is 49.8 Å². The van der Waals surface area contributed by atoms with Gasteiger partial charge in [-0.1, -0.05) is 36.4 Å². The van der Waals surface area contributed by atoms with E-state index in [1.165, 1.54) is 5.56 Å². The normalized spacial score (nSPS) is 15.6. The Hall–Kier alpha value is -3.53. The summed E-state index contributed by atoms with van der Waals surface area (Å²) >= 11 is 0. The van der Waals surface area contributed by atoms with E-state index >= 15 is 0 Å². The van der Waals surface area contributed by atoms with Gasteiger partial charge in [0, 0.05) is 24.8 Å². The first kappa shape index (κ1) is 34.3. The van der Waals surface area contributed by atoms with Gasteiger partial charge in [0.05, 0.1) is 48.9 Å². The summed E-state index contributed by atoms with van der Waals surface area (Å²) in [6.45, 7) is 22.2. The van der Waals surface area contributed by atoms with Crippen LogP contribution in [-0.2, 0) is 43.4 Å². The van der Waals surface area contributed by atoms with Crippen molar-refractivity contribution in [2.24, 2.45) is 0 Å². The highest BCUT2D eigenvalue weighted by molar-refractivity contribution is 5.80. The van der Waals surface area contributed by atoms with Gasteiger partial charge in [0.1, 0.15) is 5.82 Å². The second-order valence-electron chi connectivity index (χ2n) is 12.9. The average Bonchev–Trinajstić information content (AvgIpc) is 3.40. The molecule has 1 aliphatic heterocycles. The Balaban J connectivity index is 1.69. The minimum Gasteiger partial charge on any atom is -0.464 e. The van der Waals surface area contributed by atoms with Gasteiger partial charge in [-0.3, -0.25) is 0 Å². The number of anilines is 1. The Labute approximate surface area is 268 Å². The van der Waals surface area contributed by atoms with Crippen LogP contribution in [0.2, 0.25) is 0 Å². The van der Waals surface area contributed by atoms with E-state index in [1.807, 2.05) is 44.4 Å². The van der Waals surface area contributed by atoms with Crippen LogP contribution in [0.4, 0.5) is 5.82 Å². The van der Waals surface area contributed by atoms with Crippen molar-refractivity contribution in [1.29, 1.82) is 0 Å². The number of hydrogen-bond acceptors (Lipinski definition) is 8. The monoisotopic (exact) mass is 618 g/mol. The molecular formula is C36H50N4O5. The van der Waals surface area contributed by atoms with Gasteiger partial charge in [-0.2, -0.15) is 9.61 Å². The number of ether oxygens (including phenoxy) is 4. The third-order valence-corrected chi connectivity index (χ3v) is 7.91. The van der Waals surface area contributed by atoms with Crippen molar-refractivity contribution in [1.82, 2.24) is 14.6 Å². The van der Waals surface area contributed by atoms with Gasteiger partial charge in [0.2, 0.25) is 0 Å². The first-order valence-corrected chi connectivity index (χ1v) is 16.0. The molecule has 0 N–H and O–H groups in total. The molecule has 0 saturated carbocycles. The zero-order chi connectivity index (χ0) is 32.6. The molecule has 1 aliphatic rings. The van der Waals surface area contributed by atoms with Crippen molar-refractivity contribution >= 4 is 17.4 Å². The molecule has 1 aromatic carbocycles. The standard InChI is InChI=1S/C36H50N4O5/c1-9-12-14-27-15-13-16-28(22-27)24-42-25-29-23-30-37-26(4)31(32(34(41)43-11-3)45-35(5,6)7)33(40(30)38-29)39-19-17-36(8,18-20-39)44-21-10-2/h9-10,13,15-16,22-23,32H,1-2,11-12,14,17-21,24-25H2,3-8H3/t32-/m0/s1. The van der Waals surface area contributed by atoms with Gasteiger partial charge < -0.3 is 23.8 Å². The number of nitrogens with zero attached hydrogens (tertiary/aromatic N) is 4. The van der Waals surface area contributed by atoms with Crippen LogP contribution in [0.25, 0.3) is 5.65 Å². The zero-order valence-electron chi connectivity index (χ0n) is 27.9. The minimum atomic E-state index is -0.973. The van der Waals surface area contributed by atoms with E-state index in [2.05, 4.69) is 49.2 Å². The van der Waals surface area contributed by atoms with Crippen LogP contribution < -0.4 is 4.90 Å². The predicted molar refractivity (Wildman–Crippen MR) is 177 cm³/mol. The molecule has 3 aromatic rings. The third kappa shape index (κ3) is 9.02. The Kier molecular flexibility index (Phi) is 11.6. The lowest BCUT2D eigenvalue weighted by molar-refractivity contribution is -0.166. The van der Waals surface area contributed by atoms with Crippen LogP contribution in [0, 0.1) is 6.92 Å². The highest BCUT2D eigenvalue weighted by Crippen LogP contribution is 2.38. The summed E-state index contributed by atoms with van der Waals surface area (Å²) in [6.07, 6.45) is 6.25. The number of aryl methyl sites for hydroxylation is 2. The number of rotatable bonds is 15. The van der Waals surface area contributed by atoms with Gasteiger partial charge >= 0.3 is 5.97 Å².